The third-order valence-electron chi connectivity index (χ3n) is 4.45. The van der Waals surface area contributed by atoms with Crippen molar-refractivity contribution >= 4 is 36.0 Å². The third-order valence-corrected chi connectivity index (χ3v) is 6.01. The summed E-state index contributed by atoms with van der Waals surface area (Å²) in [6, 6.07) is 22.0. The Hall–Kier alpha value is -3.14. The van der Waals surface area contributed by atoms with Gasteiger partial charge < -0.3 is 9.42 Å². The topological polar surface area (TPSA) is 75.2 Å². The predicted molar refractivity (Wildman–Crippen MR) is 113 cm³/mol. The second-order valence-electron chi connectivity index (χ2n) is 6.46. The average molecular weight is 390 g/mol. The van der Waals surface area contributed by atoms with Crippen molar-refractivity contribution in [2.45, 2.75) is 6.92 Å². The standard InChI is InChI=1S/C22H19N2O3P/c1-16-7-5-6-10-22(16)28(25,26)27-18-12-14-21-19(15-18)20(23-24-21)13-11-17-8-3-2-4-9-17/h2-15H,1H3,(H,23,24)(H,25,26)/b13-11+. The molecule has 4 rings (SSSR count). The van der Waals surface area contributed by atoms with Gasteiger partial charge in [0.2, 0.25) is 0 Å². The minimum Gasteiger partial charge on any atom is -0.421 e. The highest BCUT2D eigenvalue weighted by atomic mass is 31.2. The molecule has 4 aromatic rings. The zero-order valence-electron chi connectivity index (χ0n) is 15.2. The number of rotatable bonds is 5. The molecule has 0 saturated carbocycles. The predicted octanol–water partition coefficient (Wildman–Crippen LogP) is 4.93. The van der Waals surface area contributed by atoms with Crippen LogP contribution in [0.25, 0.3) is 23.1 Å². The minimum absolute atomic E-state index is 0.298. The fourth-order valence-electron chi connectivity index (χ4n) is 3.01. The Morgan fingerprint density at radius 2 is 1.75 bits per heavy atom. The van der Waals surface area contributed by atoms with E-state index in [1.165, 1.54) is 0 Å². The monoisotopic (exact) mass is 390 g/mol. The lowest BCUT2D eigenvalue weighted by Crippen LogP contribution is -2.12. The first kappa shape index (κ1) is 18.2. The Balaban J connectivity index is 1.65. The van der Waals surface area contributed by atoms with Crippen molar-refractivity contribution in [3.63, 3.8) is 0 Å². The molecule has 5 nitrogen and oxygen atoms in total. The first-order chi connectivity index (χ1) is 13.5. The van der Waals surface area contributed by atoms with E-state index in [1.807, 2.05) is 48.6 Å². The molecular formula is C22H19N2O3P. The van der Waals surface area contributed by atoms with Crippen LogP contribution in [0, 0.1) is 6.92 Å². The van der Waals surface area contributed by atoms with Crippen LogP contribution >= 0.6 is 7.60 Å². The molecule has 1 heterocycles. The maximum atomic E-state index is 12.8. The molecule has 2 N–H and O–H groups in total. The Morgan fingerprint density at radius 3 is 2.54 bits per heavy atom. The normalized spacial score (nSPS) is 13.6. The lowest BCUT2D eigenvalue weighted by Gasteiger charge is -2.15. The molecule has 1 aromatic heterocycles. The molecule has 0 aliphatic rings. The second kappa shape index (κ2) is 7.47. The van der Waals surface area contributed by atoms with Gasteiger partial charge in [0.15, 0.2) is 0 Å². The highest BCUT2D eigenvalue weighted by molar-refractivity contribution is 7.61. The maximum absolute atomic E-state index is 12.8. The van der Waals surface area contributed by atoms with Gasteiger partial charge in [-0.15, -0.1) is 0 Å². The highest BCUT2D eigenvalue weighted by Crippen LogP contribution is 2.43. The summed E-state index contributed by atoms with van der Waals surface area (Å²) in [5, 5.41) is 8.40. The van der Waals surface area contributed by atoms with E-state index in [-0.39, 0.29) is 0 Å². The fraction of sp³-hybridized carbons (Fsp3) is 0.0455. The number of benzene rings is 3. The SMILES string of the molecule is Cc1ccccc1P(=O)(O)Oc1ccc2[nH]nc(/C=C/c3ccccc3)c2c1. The number of hydrogen-bond acceptors (Lipinski definition) is 3. The Kier molecular flexibility index (Phi) is 4.86. The Labute approximate surface area is 162 Å². The van der Waals surface area contributed by atoms with E-state index >= 15 is 0 Å². The molecule has 140 valence electrons. The summed E-state index contributed by atoms with van der Waals surface area (Å²) in [6.07, 6.45) is 3.87. The molecule has 1 unspecified atom stereocenters. The van der Waals surface area contributed by atoms with Crippen molar-refractivity contribution in [2.75, 3.05) is 0 Å². The molecule has 28 heavy (non-hydrogen) atoms. The van der Waals surface area contributed by atoms with Crippen LogP contribution in [-0.2, 0) is 4.57 Å². The van der Waals surface area contributed by atoms with Crippen molar-refractivity contribution < 1.29 is 14.0 Å². The lowest BCUT2D eigenvalue weighted by atomic mass is 10.1. The van der Waals surface area contributed by atoms with Crippen LogP contribution in [0.5, 0.6) is 5.75 Å². The fourth-order valence-corrected chi connectivity index (χ4v) is 4.30. The van der Waals surface area contributed by atoms with E-state index < -0.39 is 7.60 Å². The van der Waals surface area contributed by atoms with Crippen LogP contribution in [0.4, 0.5) is 0 Å². The molecule has 0 fully saturated rings. The van der Waals surface area contributed by atoms with E-state index in [2.05, 4.69) is 10.2 Å². The largest absolute Gasteiger partial charge is 0.421 e. The number of nitrogens with one attached hydrogen (secondary N) is 1. The minimum atomic E-state index is -3.99. The summed E-state index contributed by atoms with van der Waals surface area (Å²) in [7, 11) is -3.99. The number of hydrogen-bond donors (Lipinski definition) is 2. The van der Waals surface area contributed by atoms with Crippen LogP contribution in [0.3, 0.4) is 0 Å². The summed E-state index contributed by atoms with van der Waals surface area (Å²) in [5.41, 5.74) is 3.33. The number of aromatic nitrogens is 2. The molecule has 6 heteroatoms. The zero-order valence-corrected chi connectivity index (χ0v) is 16.1. The van der Waals surface area contributed by atoms with Crippen molar-refractivity contribution in [1.29, 1.82) is 0 Å². The summed E-state index contributed by atoms with van der Waals surface area (Å²) >= 11 is 0. The van der Waals surface area contributed by atoms with Gasteiger partial charge in [-0.05, 0) is 48.4 Å². The van der Waals surface area contributed by atoms with E-state index in [9.17, 15) is 9.46 Å². The molecule has 0 bridgehead atoms. The number of aryl methyl sites for hydroxylation is 1. The van der Waals surface area contributed by atoms with E-state index in [0.717, 1.165) is 22.2 Å². The van der Waals surface area contributed by atoms with Gasteiger partial charge in [-0.25, -0.2) is 4.57 Å². The highest BCUT2D eigenvalue weighted by Gasteiger charge is 2.26. The smallest absolute Gasteiger partial charge is 0.408 e. The molecule has 0 aliphatic heterocycles. The van der Waals surface area contributed by atoms with Gasteiger partial charge in [0, 0.05) is 5.39 Å². The Bertz CT molecular complexity index is 1200. The summed E-state index contributed by atoms with van der Waals surface area (Å²) in [5.74, 6) is 0.317. The number of nitrogens with zero attached hydrogens (tertiary/aromatic N) is 1. The van der Waals surface area contributed by atoms with Crippen LogP contribution < -0.4 is 9.83 Å². The third kappa shape index (κ3) is 3.77. The van der Waals surface area contributed by atoms with Crippen LogP contribution in [-0.4, -0.2) is 15.1 Å². The Morgan fingerprint density at radius 1 is 1.00 bits per heavy atom. The van der Waals surface area contributed by atoms with Gasteiger partial charge in [0.1, 0.15) is 5.75 Å². The molecule has 0 aliphatic carbocycles. The molecule has 0 radical (unpaired) electrons. The van der Waals surface area contributed by atoms with Gasteiger partial charge in [-0.3, -0.25) is 5.10 Å². The molecule has 3 aromatic carbocycles. The molecular weight excluding hydrogens is 371 g/mol. The maximum Gasteiger partial charge on any atom is 0.408 e. The number of fused-ring (bicyclic) bond motifs is 1. The first-order valence-electron chi connectivity index (χ1n) is 8.83. The first-order valence-corrected chi connectivity index (χ1v) is 10.4. The lowest BCUT2D eigenvalue weighted by molar-refractivity contribution is 0.393. The molecule has 1 atom stereocenters. The van der Waals surface area contributed by atoms with E-state index in [1.54, 1.807) is 43.3 Å². The molecule has 0 amide bonds. The van der Waals surface area contributed by atoms with Gasteiger partial charge in [-0.2, -0.15) is 5.10 Å². The van der Waals surface area contributed by atoms with Crippen molar-refractivity contribution in [2.24, 2.45) is 0 Å². The van der Waals surface area contributed by atoms with Crippen molar-refractivity contribution in [1.82, 2.24) is 10.2 Å². The summed E-state index contributed by atoms with van der Waals surface area (Å²) < 4.78 is 18.3. The molecule has 0 spiro atoms. The van der Waals surface area contributed by atoms with Crippen LogP contribution in [0.15, 0.2) is 72.8 Å². The van der Waals surface area contributed by atoms with Crippen LogP contribution in [0.2, 0.25) is 0 Å². The average Bonchev–Trinajstić information content (AvgIpc) is 3.09. The van der Waals surface area contributed by atoms with Gasteiger partial charge in [0.05, 0.1) is 16.5 Å². The summed E-state index contributed by atoms with van der Waals surface area (Å²) in [4.78, 5) is 10.5. The van der Waals surface area contributed by atoms with Gasteiger partial charge >= 0.3 is 7.60 Å². The van der Waals surface area contributed by atoms with E-state index in [0.29, 0.717) is 16.6 Å². The zero-order chi connectivity index (χ0) is 19.6. The van der Waals surface area contributed by atoms with Crippen molar-refractivity contribution in [3.05, 3.63) is 89.6 Å². The quantitative estimate of drug-likeness (QED) is 0.474. The second-order valence-corrected chi connectivity index (χ2v) is 8.16. The number of H-pyrrole nitrogens is 1. The van der Waals surface area contributed by atoms with Gasteiger partial charge in [-0.1, -0.05) is 54.6 Å². The number of aromatic amines is 1. The van der Waals surface area contributed by atoms with Crippen LogP contribution in [0.1, 0.15) is 16.8 Å². The molecule has 0 saturated heterocycles. The van der Waals surface area contributed by atoms with Gasteiger partial charge in [0.25, 0.3) is 0 Å². The van der Waals surface area contributed by atoms with E-state index in [4.69, 9.17) is 4.52 Å². The van der Waals surface area contributed by atoms with Crippen molar-refractivity contribution in [3.8, 4) is 5.75 Å². The summed E-state index contributed by atoms with van der Waals surface area (Å²) in [6.45, 7) is 1.79.